The largest absolute Gasteiger partial charge is 0.497 e. The Kier molecular flexibility index (Phi) is 6.08. The summed E-state index contributed by atoms with van der Waals surface area (Å²) >= 11 is 5.33. The van der Waals surface area contributed by atoms with Crippen molar-refractivity contribution in [2.24, 2.45) is 0 Å². The zero-order chi connectivity index (χ0) is 17.5. The first-order valence-corrected chi connectivity index (χ1v) is 7.54. The third-order valence-corrected chi connectivity index (χ3v) is 3.47. The molecule has 2 N–H and O–H groups in total. The van der Waals surface area contributed by atoms with Gasteiger partial charge in [0.2, 0.25) is 5.75 Å². The van der Waals surface area contributed by atoms with Gasteiger partial charge in [0, 0.05) is 23.5 Å². The Bertz CT molecular complexity index is 679. The van der Waals surface area contributed by atoms with E-state index >= 15 is 0 Å². The van der Waals surface area contributed by atoms with E-state index in [-0.39, 0.29) is 0 Å². The predicted molar refractivity (Wildman–Crippen MR) is 98.9 cm³/mol. The summed E-state index contributed by atoms with van der Waals surface area (Å²) in [7, 11) is 6.31. The van der Waals surface area contributed by atoms with Crippen LogP contribution in [0.1, 0.15) is 0 Å². The number of anilines is 2. The van der Waals surface area contributed by atoms with Crippen LogP contribution in [0, 0.1) is 0 Å². The van der Waals surface area contributed by atoms with Crippen LogP contribution in [0.2, 0.25) is 0 Å². The van der Waals surface area contributed by atoms with Gasteiger partial charge in [-0.15, -0.1) is 0 Å². The molecular formula is C17H20N2O4S. The van der Waals surface area contributed by atoms with E-state index in [1.807, 2.05) is 24.3 Å². The smallest absolute Gasteiger partial charge is 0.203 e. The van der Waals surface area contributed by atoms with Crippen LogP contribution in [-0.2, 0) is 0 Å². The van der Waals surface area contributed by atoms with Crippen molar-refractivity contribution in [3.05, 3.63) is 36.4 Å². The zero-order valence-corrected chi connectivity index (χ0v) is 14.8. The number of nitrogens with one attached hydrogen (secondary N) is 2. The van der Waals surface area contributed by atoms with E-state index in [2.05, 4.69) is 10.6 Å². The predicted octanol–water partition coefficient (Wildman–Crippen LogP) is 3.53. The molecule has 0 amide bonds. The van der Waals surface area contributed by atoms with Crippen molar-refractivity contribution >= 4 is 28.7 Å². The molecule has 2 aromatic carbocycles. The van der Waals surface area contributed by atoms with E-state index in [0.717, 1.165) is 17.1 Å². The summed E-state index contributed by atoms with van der Waals surface area (Å²) in [5.74, 6) is 2.40. The lowest BCUT2D eigenvalue weighted by Gasteiger charge is -2.16. The number of methoxy groups -OCH3 is 4. The molecule has 128 valence electrons. The molecular weight excluding hydrogens is 328 g/mol. The third-order valence-electron chi connectivity index (χ3n) is 3.27. The summed E-state index contributed by atoms with van der Waals surface area (Å²) in [4.78, 5) is 0. The van der Waals surface area contributed by atoms with E-state index < -0.39 is 0 Å². The van der Waals surface area contributed by atoms with Gasteiger partial charge in [-0.25, -0.2) is 0 Å². The lowest BCUT2D eigenvalue weighted by molar-refractivity contribution is 0.324. The molecule has 0 aliphatic rings. The fourth-order valence-corrected chi connectivity index (χ4v) is 2.36. The highest BCUT2D eigenvalue weighted by molar-refractivity contribution is 7.80. The van der Waals surface area contributed by atoms with Crippen molar-refractivity contribution in [2.75, 3.05) is 39.1 Å². The Hall–Kier alpha value is -2.67. The maximum atomic E-state index is 5.33. The Morgan fingerprint density at radius 3 is 1.75 bits per heavy atom. The number of benzene rings is 2. The quantitative estimate of drug-likeness (QED) is 0.774. The fourth-order valence-electron chi connectivity index (χ4n) is 2.12. The lowest BCUT2D eigenvalue weighted by atomic mass is 10.2. The molecule has 0 saturated heterocycles. The number of hydrogen-bond acceptors (Lipinski definition) is 5. The first-order chi connectivity index (χ1) is 11.6. The molecule has 0 saturated carbocycles. The highest BCUT2D eigenvalue weighted by Crippen LogP contribution is 2.39. The number of hydrogen-bond donors (Lipinski definition) is 2. The Morgan fingerprint density at radius 2 is 1.29 bits per heavy atom. The molecule has 0 heterocycles. The van der Waals surface area contributed by atoms with Crippen LogP contribution in [0.25, 0.3) is 0 Å². The Morgan fingerprint density at radius 1 is 0.750 bits per heavy atom. The van der Waals surface area contributed by atoms with E-state index in [1.54, 1.807) is 40.6 Å². The first kappa shape index (κ1) is 17.7. The molecule has 0 fully saturated rings. The highest BCUT2D eigenvalue weighted by atomic mass is 32.1. The summed E-state index contributed by atoms with van der Waals surface area (Å²) in [5, 5.41) is 6.63. The number of rotatable bonds is 6. The Labute approximate surface area is 146 Å². The zero-order valence-electron chi connectivity index (χ0n) is 14.0. The third kappa shape index (κ3) is 4.20. The summed E-state index contributed by atoms with van der Waals surface area (Å²) < 4.78 is 21.1. The number of ether oxygens (including phenoxy) is 4. The van der Waals surface area contributed by atoms with Gasteiger partial charge in [-0.3, -0.25) is 0 Å². The molecule has 7 heteroatoms. The van der Waals surface area contributed by atoms with Crippen LogP contribution < -0.4 is 29.6 Å². The van der Waals surface area contributed by atoms with Crippen molar-refractivity contribution in [2.45, 2.75) is 0 Å². The van der Waals surface area contributed by atoms with Crippen molar-refractivity contribution < 1.29 is 18.9 Å². The normalized spacial score (nSPS) is 9.83. The molecule has 0 unspecified atom stereocenters. The van der Waals surface area contributed by atoms with Crippen LogP contribution >= 0.6 is 12.2 Å². The molecule has 0 radical (unpaired) electrons. The maximum Gasteiger partial charge on any atom is 0.203 e. The van der Waals surface area contributed by atoms with Crippen molar-refractivity contribution in [3.63, 3.8) is 0 Å². The average molecular weight is 348 g/mol. The van der Waals surface area contributed by atoms with E-state index in [0.29, 0.717) is 22.4 Å². The van der Waals surface area contributed by atoms with Crippen LogP contribution in [0.3, 0.4) is 0 Å². The second kappa shape index (κ2) is 8.26. The minimum absolute atomic E-state index is 0.439. The topological polar surface area (TPSA) is 61.0 Å². The van der Waals surface area contributed by atoms with E-state index in [4.69, 9.17) is 31.2 Å². The molecule has 0 aliphatic carbocycles. The van der Waals surface area contributed by atoms with Crippen LogP contribution in [0.15, 0.2) is 36.4 Å². The van der Waals surface area contributed by atoms with Crippen molar-refractivity contribution in [3.8, 4) is 23.0 Å². The molecule has 24 heavy (non-hydrogen) atoms. The van der Waals surface area contributed by atoms with Gasteiger partial charge in [0.25, 0.3) is 0 Å². The van der Waals surface area contributed by atoms with E-state index in [1.165, 1.54) is 0 Å². The van der Waals surface area contributed by atoms with Gasteiger partial charge in [0.15, 0.2) is 16.6 Å². The van der Waals surface area contributed by atoms with Crippen molar-refractivity contribution in [1.82, 2.24) is 0 Å². The number of thiocarbonyl (C=S) groups is 1. The second-order valence-electron chi connectivity index (χ2n) is 4.72. The van der Waals surface area contributed by atoms with Crippen LogP contribution in [-0.4, -0.2) is 33.6 Å². The molecule has 0 bridgehead atoms. The lowest BCUT2D eigenvalue weighted by Crippen LogP contribution is -2.19. The monoisotopic (exact) mass is 348 g/mol. The molecule has 0 aromatic heterocycles. The van der Waals surface area contributed by atoms with Crippen LogP contribution in [0.5, 0.6) is 23.0 Å². The van der Waals surface area contributed by atoms with Crippen LogP contribution in [0.4, 0.5) is 11.4 Å². The van der Waals surface area contributed by atoms with E-state index in [9.17, 15) is 0 Å². The van der Waals surface area contributed by atoms with Gasteiger partial charge in [0.1, 0.15) is 5.75 Å². The highest BCUT2D eigenvalue weighted by Gasteiger charge is 2.13. The SMILES string of the molecule is COc1ccc(NC(=S)Nc2cc(OC)c(OC)c(OC)c2)cc1. The maximum absolute atomic E-state index is 5.33. The standard InChI is InChI=1S/C17H20N2O4S/c1-20-13-7-5-11(6-8-13)18-17(24)19-12-9-14(21-2)16(23-4)15(10-12)22-3/h5-10H,1-4H3,(H2,18,19,24). The van der Waals surface area contributed by atoms with Gasteiger partial charge >= 0.3 is 0 Å². The molecule has 2 aromatic rings. The molecule has 0 spiro atoms. The van der Waals surface area contributed by atoms with Gasteiger partial charge in [-0.05, 0) is 36.5 Å². The average Bonchev–Trinajstić information content (AvgIpc) is 2.61. The van der Waals surface area contributed by atoms with Gasteiger partial charge in [0.05, 0.1) is 28.4 Å². The fraction of sp³-hybridized carbons (Fsp3) is 0.235. The Balaban J connectivity index is 2.12. The van der Waals surface area contributed by atoms with Gasteiger partial charge in [-0.2, -0.15) is 0 Å². The molecule has 0 aliphatic heterocycles. The van der Waals surface area contributed by atoms with Gasteiger partial charge < -0.3 is 29.6 Å². The summed E-state index contributed by atoms with van der Waals surface area (Å²) in [5.41, 5.74) is 1.57. The minimum Gasteiger partial charge on any atom is -0.497 e. The summed E-state index contributed by atoms with van der Waals surface area (Å²) in [6.07, 6.45) is 0. The van der Waals surface area contributed by atoms with Gasteiger partial charge in [-0.1, -0.05) is 0 Å². The van der Waals surface area contributed by atoms with Crippen molar-refractivity contribution in [1.29, 1.82) is 0 Å². The second-order valence-corrected chi connectivity index (χ2v) is 5.13. The minimum atomic E-state index is 0.439. The summed E-state index contributed by atoms with van der Waals surface area (Å²) in [6.45, 7) is 0. The molecule has 6 nitrogen and oxygen atoms in total. The first-order valence-electron chi connectivity index (χ1n) is 7.13. The molecule has 0 atom stereocenters. The summed E-state index contributed by atoms with van der Waals surface area (Å²) in [6, 6.07) is 11.0. The molecule has 2 rings (SSSR count).